The third kappa shape index (κ3) is 3.95. The van der Waals surface area contributed by atoms with E-state index < -0.39 is 0 Å². The van der Waals surface area contributed by atoms with Gasteiger partial charge in [-0.05, 0) is 43.0 Å². The van der Waals surface area contributed by atoms with Crippen LogP contribution in [0.1, 0.15) is 18.4 Å². The second-order valence-corrected chi connectivity index (χ2v) is 5.19. The molecule has 1 aliphatic rings. The van der Waals surface area contributed by atoms with E-state index in [1.165, 1.54) is 12.8 Å². The van der Waals surface area contributed by atoms with Crippen LogP contribution in [-0.4, -0.2) is 23.8 Å². The Bertz CT molecular complexity index is 346. The molecule has 2 N–H and O–H groups in total. The lowest BCUT2D eigenvalue weighted by molar-refractivity contribution is 0.171. The maximum Gasteiger partial charge on any atom is 0.0704 e. The quantitative estimate of drug-likeness (QED) is 0.853. The highest BCUT2D eigenvalue weighted by Crippen LogP contribution is 2.21. The lowest BCUT2D eigenvalue weighted by Crippen LogP contribution is -2.29. The molecule has 0 aromatic heterocycles. The van der Waals surface area contributed by atoms with Gasteiger partial charge in [0.1, 0.15) is 0 Å². The Morgan fingerprint density at radius 2 is 1.88 bits per heavy atom. The molecule has 0 saturated heterocycles. The number of aliphatic hydroxyl groups is 1. The molecule has 1 saturated carbocycles. The normalized spacial score (nSPS) is 17.4. The van der Waals surface area contributed by atoms with Crippen molar-refractivity contribution < 1.29 is 5.11 Å². The average Bonchev–Trinajstić information content (AvgIpc) is 2.96. The molecule has 1 aliphatic carbocycles. The van der Waals surface area contributed by atoms with Gasteiger partial charge >= 0.3 is 0 Å². The third-order valence-electron chi connectivity index (χ3n) is 2.61. The first-order valence-electron chi connectivity index (χ1n) is 5.50. The Labute approximate surface area is 106 Å². The van der Waals surface area contributed by atoms with Gasteiger partial charge in [0.15, 0.2) is 0 Å². The van der Waals surface area contributed by atoms with Crippen molar-refractivity contribution in [3.8, 4) is 0 Å². The van der Waals surface area contributed by atoms with E-state index in [0.29, 0.717) is 29.1 Å². The van der Waals surface area contributed by atoms with Crippen molar-refractivity contribution >= 4 is 23.2 Å². The molecule has 0 bridgehead atoms. The first-order chi connectivity index (χ1) is 7.63. The van der Waals surface area contributed by atoms with E-state index in [0.717, 1.165) is 5.56 Å². The van der Waals surface area contributed by atoms with Crippen molar-refractivity contribution in [3.05, 3.63) is 33.8 Å². The molecule has 0 radical (unpaired) electrons. The monoisotopic (exact) mass is 259 g/mol. The van der Waals surface area contributed by atoms with E-state index in [4.69, 9.17) is 23.2 Å². The van der Waals surface area contributed by atoms with Gasteiger partial charge in [-0.2, -0.15) is 0 Å². The standard InChI is InChI=1S/C12H15Cl2NO/c13-9-3-8(4-10(14)6-9)5-12(16)7-15-11-1-2-11/h3-4,6,11-12,15-16H,1-2,5,7H2. The average molecular weight is 260 g/mol. The molecule has 2 nitrogen and oxygen atoms in total. The number of hydrogen-bond acceptors (Lipinski definition) is 2. The minimum Gasteiger partial charge on any atom is -0.391 e. The third-order valence-corrected chi connectivity index (χ3v) is 3.05. The number of nitrogens with one attached hydrogen (secondary N) is 1. The van der Waals surface area contributed by atoms with Crippen LogP contribution in [0, 0.1) is 0 Å². The van der Waals surface area contributed by atoms with Gasteiger partial charge in [-0.25, -0.2) is 0 Å². The van der Waals surface area contributed by atoms with E-state index in [1.807, 2.05) is 12.1 Å². The van der Waals surface area contributed by atoms with Crippen LogP contribution in [0.25, 0.3) is 0 Å². The van der Waals surface area contributed by atoms with Gasteiger partial charge in [0, 0.05) is 22.6 Å². The molecule has 88 valence electrons. The van der Waals surface area contributed by atoms with Gasteiger partial charge in [-0.15, -0.1) is 0 Å². The van der Waals surface area contributed by atoms with Crippen molar-refractivity contribution in [1.82, 2.24) is 5.32 Å². The van der Waals surface area contributed by atoms with Crippen molar-refractivity contribution in [1.29, 1.82) is 0 Å². The van der Waals surface area contributed by atoms with Gasteiger partial charge < -0.3 is 10.4 Å². The molecule has 1 atom stereocenters. The van der Waals surface area contributed by atoms with Crippen LogP contribution in [0.3, 0.4) is 0 Å². The van der Waals surface area contributed by atoms with Gasteiger partial charge in [0.2, 0.25) is 0 Å². The van der Waals surface area contributed by atoms with Gasteiger partial charge in [-0.3, -0.25) is 0 Å². The van der Waals surface area contributed by atoms with Crippen molar-refractivity contribution in [2.45, 2.75) is 31.4 Å². The number of benzene rings is 1. The smallest absolute Gasteiger partial charge is 0.0704 e. The van der Waals surface area contributed by atoms with E-state index in [1.54, 1.807) is 6.07 Å². The summed E-state index contributed by atoms with van der Waals surface area (Å²) in [6, 6.07) is 6.00. The molecule has 0 spiro atoms. The Hall–Kier alpha value is -0.280. The zero-order chi connectivity index (χ0) is 11.5. The van der Waals surface area contributed by atoms with Crippen LogP contribution >= 0.6 is 23.2 Å². The Morgan fingerprint density at radius 3 is 2.44 bits per heavy atom. The molecular weight excluding hydrogens is 245 g/mol. The van der Waals surface area contributed by atoms with Crippen LogP contribution in [0.2, 0.25) is 10.0 Å². The molecule has 16 heavy (non-hydrogen) atoms. The fourth-order valence-electron chi connectivity index (χ4n) is 1.66. The highest BCUT2D eigenvalue weighted by atomic mass is 35.5. The van der Waals surface area contributed by atoms with Crippen LogP contribution in [0.15, 0.2) is 18.2 Å². The summed E-state index contributed by atoms with van der Waals surface area (Å²) < 4.78 is 0. The molecular formula is C12H15Cl2NO. The summed E-state index contributed by atoms with van der Waals surface area (Å²) in [5, 5.41) is 14.3. The zero-order valence-electron chi connectivity index (χ0n) is 8.92. The maximum absolute atomic E-state index is 9.81. The second kappa shape index (κ2) is 5.37. The van der Waals surface area contributed by atoms with Gasteiger partial charge in [0.05, 0.1) is 6.10 Å². The fourth-order valence-corrected chi connectivity index (χ4v) is 2.23. The van der Waals surface area contributed by atoms with Gasteiger partial charge in [-0.1, -0.05) is 23.2 Å². The highest BCUT2D eigenvalue weighted by molar-refractivity contribution is 6.34. The molecule has 1 aromatic rings. The van der Waals surface area contributed by atoms with Crippen molar-refractivity contribution in [3.63, 3.8) is 0 Å². The van der Waals surface area contributed by atoms with Gasteiger partial charge in [0.25, 0.3) is 0 Å². The molecule has 0 aliphatic heterocycles. The minimum absolute atomic E-state index is 0.380. The lowest BCUT2D eigenvalue weighted by atomic mass is 10.1. The maximum atomic E-state index is 9.81. The van der Waals surface area contributed by atoms with E-state index in [2.05, 4.69) is 5.32 Å². The minimum atomic E-state index is -0.380. The Balaban J connectivity index is 1.86. The molecule has 0 heterocycles. The fraction of sp³-hybridized carbons (Fsp3) is 0.500. The SMILES string of the molecule is OC(CNC1CC1)Cc1cc(Cl)cc(Cl)c1. The zero-order valence-corrected chi connectivity index (χ0v) is 10.4. The van der Waals surface area contributed by atoms with E-state index in [-0.39, 0.29) is 6.10 Å². The number of halogens is 2. The van der Waals surface area contributed by atoms with Crippen LogP contribution < -0.4 is 5.32 Å². The molecule has 1 fully saturated rings. The summed E-state index contributed by atoms with van der Waals surface area (Å²) in [5.74, 6) is 0. The topological polar surface area (TPSA) is 32.3 Å². The predicted molar refractivity (Wildman–Crippen MR) is 67.2 cm³/mol. The van der Waals surface area contributed by atoms with Crippen LogP contribution in [0.5, 0.6) is 0 Å². The first-order valence-corrected chi connectivity index (χ1v) is 6.25. The van der Waals surface area contributed by atoms with Crippen molar-refractivity contribution in [2.24, 2.45) is 0 Å². The summed E-state index contributed by atoms with van der Waals surface area (Å²) in [6.07, 6.45) is 2.67. The number of hydrogen-bond donors (Lipinski definition) is 2. The van der Waals surface area contributed by atoms with E-state index in [9.17, 15) is 5.11 Å². The second-order valence-electron chi connectivity index (χ2n) is 4.32. The van der Waals surface area contributed by atoms with E-state index >= 15 is 0 Å². The molecule has 4 heteroatoms. The summed E-state index contributed by atoms with van der Waals surface area (Å²) in [6.45, 7) is 0.634. The summed E-state index contributed by atoms with van der Waals surface area (Å²) >= 11 is 11.8. The predicted octanol–water partition coefficient (Wildman–Crippen LogP) is 2.65. The highest BCUT2D eigenvalue weighted by Gasteiger charge is 2.21. The van der Waals surface area contributed by atoms with Crippen LogP contribution in [0.4, 0.5) is 0 Å². The Kier molecular flexibility index (Phi) is 4.09. The summed E-state index contributed by atoms with van der Waals surface area (Å²) in [5.41, 5.74) is 0.975. The Morgan fingerprint density at radius 1 is 1.25 bits per heavy atom. The lowest BCUT2D eigenvalue weighted by Gasteiger charge is -2.12. The molecule has 1 unspecified atom stereocenters. The summed E-state index contributed by atoms with van der Waals surface area (Å²) in [7, 11) is 0. The van der Waals surface area contributed by atoms with Crippen LogP contribution in [-0.2, 0) is 6.42 Å². The summed E-state index contributed by atoms with van der Waals surface area (Å²) in [4.78, 5) is 0. The molecule has 0 amide bonds. The number of rotatable bonds is 5. The first kappa shape index (κ1) is 12.2. The molecule has 1 aromatic carbocycles. The molecule has 2 rings (SSSR count). The number of aliphatic hydroxyl groups excluding tert-OH is 1. The van der Waals surface area contributed by atoms with Crippen molar-refractivity contribution in [2.75, 3.05) is 6.54 Å². The largest absolute Gasteiger partial charge is 0.391 e.